The largest absolute Gasteiger partial charge is 0.334 e. The van der Waals surface area contributed by atoms with E-state index in [1.165, 1.54) is 12.1 Å². The summed E-state index contributed by atoms with van der Waals surface area (Å²) in [7, 11) is 0. The third-order valence-electron chi connectivity index (χ3n) is 5.81. The van der Waals surface area contributed by atoms with E-state index in [2.05, 4.69) is 9.78 Å². The number of benzene rings is 3. The van der Waals surface area contributed by atoms with Gasteiger partial charge in [-0.05, 0) is 41.5 Å². The van der Waals surface area contributed by atoms with Gasteiger partial charge in [0.25, 0.3) is 0 Å². The summed E-state index contributed by atoms with van der Waals surface area (Å²) in [6.07, 6.45) is 6.17. The van der Waals surface area contributed by atoms with E-state index in [0.717, 1.165) is 33.0 Å². The standard InChI is InChI=1S/C29H24FN3OS/c30-25-14-12-24(13-15-25)27-20-33-26(21-35-29(33)31-27)17-18-32(19-23-9-5-2-6-10-23)28(34)16-11-22-7-3-1-4-8-22/h1-16,20-21H,17-19H2/b16-11+. The zero-order valence-electron chi connectivity index (χ0n) is 19.0. The van der Waals surface area contributed by atoms with E-state index in [1.54, 1.807) is 29.5 Å². The molecular weight excluding hydrogens is 457 g/mol. The van der Waals surface area contributed by atoms with Crippen LogP contribution in [-0.4, -0.2) is 26.7 Å². The van der Waals surface area contributed by atoms with E-state index in [-0.39, 0.29) is 11.7 Å². The van der Waals surface area contributed by atoms with E-state index < -0.39 is 0 Å². The van der Waals surface area contributed by atoms with Gasteiger partial charge in [0.1, 0.15) is 5.82 Å². The number of hydrogen-bond acceptors (Lipinski definition) is 3. The number of carbonyl (C=O) groups excluding carboxylic acids is 1. The van der Waals surface area contributed by atoms with Gasteiger partial charge in [0.2, 0.25) is 5.91 Å². The molecule has 0 saturated carbocycles. The number of aromatic nitrogens is 2. The van der Waals surface area contributed by atoms with Crippen molar-refractivity contribution >= 4 is 28.3 Å². The number of halogens is 1. The molecule has 5 aromatic rings. The lowest BCUT2D eigenvalue weighted by Crippen LogP contribution is -2.31. The predicted octanol–water partition coefficient (Wildman–Crippen LogP) is 6.49. The predicted molar refractivity (Wildman–Crippen MR) is 140 cm³/mol. The minimum atomic E-state index is -0.264. The quantitative estimate of drug-likeness (QED) is 0.238. The molecule has 0 spiro atoms. The maximum absolute atomic E-state index is 13.3. The first-order chi connectivity index (χ1) is 17.2. The summed E-state index contributed by atoms with van der Waals surface area (Å²) in [5.41, 5.74) is 4.85. The van der Waals surface area contributed by atoms with Crippen LogP contribution in [0.2, 0.25) is 0 Å². The molecule has 0 unspecified atom stereocenters. The summed E-state index contributed by atoms with van der Waals surface area (Å²) < 4.78 is 15.4. The Kier molecular flexibility index (Phi) is 6.82. The second-order valence-corrected chi connectivity index (χ2v) is 9.09. The molecule has 6 heteroatoms. The maximum atomic E-state index is 13.3. The number of hydrogen-bond donors (Lipinski definition) is 0. The van der Waals surface area contributed by atoms with Gasteiger partial charge in [0.05, 0.1) is 5.69 Å². The molecule has 174 valence electrons. The highest BCUT2D eigenvalue weighted by atomic mass is 32.1. The molecule has 1 amide bonds. The summed E-state index contributed by atoms with van der Waals surface area (Å²) in [6, 6.07) is 26.2. The van der Waals surface area contributed by atoms with E-state index in [4.69, 9.17) is 4.98 Å². The van der Waals surface area contributed by atoms with Crippen molar-refractivity contribution in [2.45, 2.75) is 13.0 Å². The second kappa shape index (κ2) is 10.5. The van der Waals surface area contributed by atoms with Crippen molar-refractivity contribution < 1.29 is 9.18 Å². The summed E-state index contributed by atoms with van der Waals surface area (Å²) in [6.45, 7) is 1.11. The van der Waals surface area contributed by atoms with E-state index in [0.29, 0.717) is 19.5 Å². The van der Waals surface area contributed by atoms with E-state index in [1.807, 2.05) is 77.8 Å². The lowest BCUT2D eigenvalue weighted by atomic mass is 10.1. The smallest absolute Gasteiger partial charge is 0.246 e. The fourth-order valence-electron chi connectivity index (χ4n) is 3.93. The third-order valence-corrected chi connectivity index (χ3v) is 6.70. The van der Waals surface area contributed by atoms with Gasteiger partial charge in [-0.25, -0.2) is 9.37 Å². The maximum Gasteiger partial charge on any atom is 0.246 e. The fourth-order valence-corrected chi connectivity index (χ4v) is 4.83. The minimum absolute atomic E-state index is 0.0261. The van der Waals surface area contributed by atoms with Gasteiger partial charge >= 0.3 is 0 Å². The van der Waals surface area contributed by atoms with Crippen molar-refractivity contribution in [3.05, 3.63) is 125 Å². The Labute approximate surface area is 207 Å². The van der Waals surface area contributed by atoms with Crippen molar-refractivity contribution in [2.75, 3.05) is 6.54 Å². The highest BCUT2D eigenvalue weighted by molar-refractivity contribution is 7.15. The molecule has 0 radical (unpaired) electrons. The Bertz CT molecular complexity index is 1440. The fraction of sp³-hybridized carbons (Fsp3) is 0.103. The van der Waals surface area contributed by atoms with Gasteiger partial charge in [0.15, 0.2) is 4.96 Å². The van der Waals surface area contributed by atoms with Crippen LogP contribution < -0.4 is 0 Å². The van der Waals surface area contributed by atoms with E-state index >= 15 is 0 Å². The number of fused-ring (bicyclic) bond motifs is 1. The van der Waals surface area contributed by atoms with Gasteiger partial charge in [-0.2, -0.15) is 0 Å². The van der Waals surface area contributed by atoms with Gasteiger partial charge in [-0.1, -0.05) is 60.7 Å². The van der Waals surface area contributed by atoms with Crippen molar-refractivity contribution in [1.29, 1.82) is 0 Å². The van der Waals surface area contributed by atoms with Crippen LogP contribution in [0.25, 0.3) is 22.3 Å². The summed E-state index contributed by atoms with van der Waals surface area (Å²) in [4.78, 5) is 20.6. The molecule has 0 N–H and O–H groups in total. The summed E-state index contributed by atoms with van der Waals surface area (Å²) >= 11 is 1.56. The summed E-state index contributed by atoms with van der Waals surface area (Å²) in [5.74, 6) is -0.290. The van der Waals surface area contributed by atoms with Crippen molar-refractivity contribution in [3.63, 3.8) is 0 Å². The molecule has 0 aliphatic heterocycles. The molecule has 0 bridgehead atoms. The Morgan fingerprint density at radius 1 is 0.971 bits per heavy atom. The number of nitrogens with zero attached hydrogens (tertiary/aromatic N) is 3. The topological polar surface area (TPSA) is 37.6 Å². The van der Waals surface area contributed by atoms with Gasteiger partial charge in [-0.3, -0.25) is 9.20 Å². The van der Waals surface area contributed by atoms with Crippen LogP contribution in [0.3, 0.4) is 0 Å². The third kappa shape index (κ3) is 5.55. The van der Waals surface area contributed by atoms with Crippen LogP contribution in [0.4, 0.5) is 4.39 Å². The molecule has 3 aromatic carbocycles. The Morgan fingerprint density at radius 3 is 2.43 bits per heavy atom. The molecule has 35 heavy (non-hydrogen) atoms. The second-order valence-electron chi connectivity index (χ2n) is 8.25. The van der Waals surface area contributed by atoms with Crippen molar-refractivity contribution in [3.8, 4) is 11.3 Å². The van der Waals surface area contributed by atoms with Crippen LogP contribution in [0.15, 0.2) is 103 Å². The monoisotopic (exact) mass is 481 g/mol. The molecular formula is C29H24FN3OS. The molecule has 4 nitrogen and oxygen atoms in total. The molecule has 0 saturated heterocycles. The Balaban J connectivity index is 1.34. The van der Waals surface area contributed by atoms with Gasteiger partial charge in [0, 0.05) is 48.4 Å². The summed E-state index contributed by atoms with van der Waals surface area (Å²) in [5, 5.41) is 2.09. The van der Waals surface area contributed by atoms with Crippen LogP contribution >= 0.6 is 11.3 Å². The first-order valence-corrected chi connectivity index (χ1v) is 12.3. The molecule has 0 aliphatic rings. The number of imidazole rings is 1. The molecule has 5 rings (SSSR count). The first-order valence-electron chi connectivity index (χ1n) is 11.4. The van der Waals surface area contributed by atoms with Crippen molar-refractivity contribution in [1.82, 2.24) is 14.3 Å². The Hall–Kier alpha value is -4.03. The van der Waals surface area contributed by atoms with E-state index in [9.17, 15) is 9.18 Å². The molecule has 2 heterocycles. The number of carbonyl (C=O) groups is 1. The average Bonchev–Trinajstić information content (AvgIpc) is 3.48. The van der Waals surface area contributed by atoms with Gasteiger partial charge < -0.3 is 4.90 Å². The zero-order chi connectivity index (χ0) is 24.0. The van der Waals surface area contributed by atoms with Crippen molar-refractivity contribution in [2.24, 2.45) is 0 Å². The average molecular weight is 482 g/mol. The molecule has 2 aromatic heterocycles. The SMILES string of the molecule is O=C(/C=C/c1ccccc1)N(CCc1csc2nc(-c3ccc(F)cc3)cn12)Cc1ccccc1. The highest BCUT2D eigenvalue weighted by Crippen LogP contribution is 2.24. The highest BCUT2D eigenvalue weighted by Gasteiger charge is 2.15. The van der Waals surface area contributed by atoms with Gasteiger partial charge in [-0.15, -0.1) is 11.3 Å². The molecule has 0 aliphatic carbocycles. The number of rotatable bonds is 8. The number of thiazole rings is 1. The zero-order valence-corrected chi connectivity index (χ0v) is 19.9. The first kappa shape index (κ1) is 22.7. The van der Waals surface area contributed by atoms with Crippen LogP contribution in [0.1, 0.15) is 16.8 Å². The molecule has 0 fully saturated rings. The lowest BCUT2D eigenvalue weighted by molar-refractivity contribution is -0.126. The molecule has 0 atom stereocenters. The van der Waals surface area contributed by atoms with Crippen LogP contribution in [-0.2, 0) is 17.8 Å². The lowest BCUT2D eigenvalue weighted by Gasteiger charge is -2.21. The van der Waals surface area contributed by atoms with Crippen LogP contribution in [0, 0.1) is 5.82 Å². The normalized spacial score (nSPS) is 11.3. The Morgan fingerprint density at radius 2 is 1.69 bits per heavy atom. The van der Waals surface area contributed by atoms with Crippen LogP contribution in [0.5, 0.6) is 0 Å². The number of amides is 1. The minimum Gasteiger partial charge on any atom is -0.334 e.